The number of rotatable bonds is 7. The summed E-state index contributed by atoms with van der Waals surface area (Å²) < 4.78 is 40.6. The Kier molecular flexibility index (Phi) is 8.86. The van der Waals surface area contributed by atoms with Crippen LogP contribution in [0.3, 0.4) is 0 Å². The van der Waals surface area contributed by atoms with Gasteiger partial charge in [-0.3, -0.25) is 25.3 Å². The summed E-state index contributed by atoms with van der Waals surface area (Å²) >= 11 is 1.18. The van der Waals surface area contributed by atoms with E-state index in [1.54, 1.807) is 0 Å². The topological polar surface area (TPSA) is 112 Å². The number of urea groups is 1. The first-order valence-electron chi connectivity index (χ1n) is 12.4. The Bertz CT molecular complexity index is 1480. The molecule has 4 amide bonds. The Morgan fingerprint density at radius 2 is 1.66 bits per heavy atom. The quantitative estimate of drug-likeness (QED) is 0.275. The molecule has 0 bridgehead atoms. The van der Waals surface area contributed by atoms with E-state index in [0.717, 1.165) is 23.3 Å². The second kappa shape index (κ2) is 12.3. The monoisotopic (exact) mass is 585 g/mol. The molecule has 1 saturated heterocycles. The maximum atomic E-state index is 12.7. The van der Waals surface area contributed by atoms with Crippen LogP contribution < -0.4 is 25.8 Å². The van der Waals surface area contributed by atoms with E-state index in [9.17, 15) is 27.6 Å². The molecule has 3 aromatic carbocycles. The zero-order chi connectivity index (χ0) is 29.7. The van der Waals surface area contributed by atoms with Crippen molar-refractivity contribution in [2.75, 3.05) is 21.4 Å². The number of hydrogen-bond donors (Lipinski definition) is 3. The number of benzene rings is 3. The molecule has 4 rings (SSSR count). The van der Waals surface area contributed by atoms with Crippen LogP contribution in [0.5, 0.6) is 5.75 Å². The van der Waals surface area contributed by atoms with Crippen LogP contribution in [0.1, 0.15) is 41.3 Å². The van der Waals surface area contributed by atoms with Crippen molar-refractivity contribution in [1.29, 1.82) is 0 Å². The van der Waals surface area contributed by atoms with Crippen LogP contribution in [-0.4, -0.2) is 35.1 Å². The van der Waals surface area contributed by atoms with Gasteiger partial charge in [-0.1, -0.05) is 37.7 Å². The van der Waals surface area contributed by atoms with Gasteiger partial charge in [-0.25, -0.2) is 4.79 Å². The van der Waals surface area contributed by atoms with Crippen LogP contribution in [-0.2, 0) is 4.79 Å². The summed E-state index contributed by atoms with van der Waals surface area (Å²) in [6.07, 6.45) is -4.80. The lowest BCUT2D eigenvalue weighted by molar-refractivity contribution is -0.274. The van der Waals surface area contributed by atoms with Crippen molar-refractivity contribution in [3.05, 3.63) is 83.4 Å². The second-order valence-electron chi connectivity index (χ2n) is 9.29. The third-order valence-electron chi connectivity index (χ3n) is 5.82. The summed E-state index contributed by atoms with van der Waals surface area (Å²) in [6.45, 7) is 5.98. The molecule has 1 fully saturated rings. The Morgan fingerprint density at radius 3 is 2.29 bits per heavy atom. The molecule has 0 aliphatic carbocycles. The van der Waals surface area contributed by atoms with Crippen LogP contribution >= 0.6 is 11.8 Å². The van der Waals surface area contributed by atoms with E-state index >= 15 is 0 Å². The Hall–Kier alpha value is -4.52. The van der Waals surface area contributed by atoms with Crippen LogP contribution in [0.2, 0.25) is 0 Å². The lowest BCUT2D eigenvalue weighted by atomic mass is 9.99. The fourth-order valence-corrected chi connectivity index (χ4v) is 4.76. The number of aliphatic imine (C=N–C) groups is 1. The van der Waals surface area contributed by atoms with Gasteiger partial charge in [-0.15, -0.1) is 13.2 Å². The summed E-state index contributed by atoms with van der Waals surface area (Å²) in [6, 6.07) is 16.0. The predicted molar refractivity (Wildman–Crippen MR) is 152 cm³/mol. The smallest absolute Gasteiger partial charge is 0.406 e. The number of nitrogens with one attached hydrogen (secondary N) is 3. The van der Waals surface area contributed by atoms with E-state index < -0.39 is 24.1 Å². The van der Waals surface area contributed by atoms with Crippen molar-refractivity contribution in [3.8, 4) is 5.75 Å². The zero-order valence-corrected chi connectivity index (χ0v) is 23.0. The zero-order valence-electron chi connectivity index (χ0n) is 22.2. The molecule has 0 radical (unpaired) electrons. The maximum absolute atomic E-state index is 12.7. The molecule has 1 aliphatic rings. The number of ether oxygens (including phenoxy) is 1. The Labute approximate surface area is 238 Å². The first-order chi connectivity index (χ1) is 19.4. The maximum Gasteiger partial charge on any atom is 0.573 e. The summed E-state index contributed by atoms with van der Waals surface area (Å²) in [5.41, 5.74) is 8.64. The van der Waals surface area contributed by atoms with E-state index in [1.165, 1.54) is 53.1 Å². The number of amidine groups is 1. The molecule has 13 heteroatoms. The number of halogens is 3. The third-order valence-corrected chi connectivity index (χ3v) is 6.74. The molecule has 0 unspecified atom stereocenters. The lowest BCUT2D eigenvalue weighted by Gasteiger charge is -2.22. The van der Waals surface area contributed by atoms with Gasteiger partial charge < -0.3 is 10.1 Å². The van der Waals surface area contributed by atoms with Gasteiger partial charge in [0.05, 0.1) is 17.1 Å². The van der Waals surface area contributed by atoms with Crippen molar-refractivity contribution in [2.24, 2.45) is 4.99 Å². The van der Waals surface area contributed by atoms with Gasteiger partial charge in [-0.2, -0.15) is 4.99 Å². The minimum Gasteiger partial charge on any atom is -0.406 e. The average Bonchev–Trinajstić information content (AvgIpc) is 3.26. The van der Waals surface area contributed by atoms with Gasteiger partial charge in [0, 0.05) is 11.3 Å². The highest BCUT2D eigenvalue weighted by atomic mass is 32.2. The highest BCUT2D eigenvalue weighted by molar-refractivity contribution is 8.15. The number of carbonyl (C=O) groups excluding carboxylic acids is 3. The molecule has 0 atom stereocenters. The first kappa shape index (κ1) is 29.5. The molecule has 1 heterocycles. The minimum absolute atomic E-state index is 0.156. The molecule has 41 heavy (non-hydrogen) atoms. The van der Waals surface area contributed by atoms with Crippen molar-refractivity contribution >= 4 is 51.8 Å². The van der Waals surface area contributed by atoms with Crippen LogP contribution in [0.25, 0.3) is 0 Å². The third kappa shape index (κ3) is 7.78. The number of carbonyl (C=O) groups is 3. The Morgan fingerprint density at radius 1 is 1.00 bits per heavy atom. The minimum atomic E-state index is -4.80. The largest absolute Gasteiger partial charge is 0.573 e. The highest BCUT2D eigenvalue weighted by Gasteiger charge is 2.33. The van der Waals surface area contributed by atoms with Crippen molar-refractivity contribution in [3.63, 3.8) is 0 Å². The number of aryl methyl sites for hydroxylation is 1. The molecule has 3 aromatic rings. The number of hydrogen-bond acceptors (Lipinski definition) is 6. The number of amides is 4. The van der Waals surface area contributed by atoms with Gasteiger partial charge in [-0.05, 0) is 78.6 Å². The Balaban J connectivity index is 1.37. The SMILES string of the molecule is Cc1ccc(C(C)C)c(N2C(=O)CS/C2=N\C(=O)Nc2ccc(C(=O)NNc3ccc(OC(F)(F)F)cc3)cc2)c1. The van der Waals surface area contributed by atoms with Crippen molar-refractivity contribution < 1.29 is 32.3 Å². The number of nitrogens with zero attached hydrogens (tertiary/aromatic N) is 2. The number of thioether (sulfide) groups is 1. The molecular weight excluding hydrogens is 559 g/mol. The van der Waals surface area contributed by atoms with Crippen LogP contribution in [0.15, 0.2) is 71.7 Å². The van der Waals surface area contributed by atoms with Crippen molar-refractivity contribution in [1.82, 2.24) is 5.43 Å². The van der Waals surface area contributed by atoms with Gasteiger partial charge in [0.1, 0.15) is 5.75 Å². The van der Waals surface area contributed by atoms with Crippen LogP contribution in [0.4, 0.5) is 35.0 Å². The summed E-state index contributed by atoms with van der Waals surface area (Å²) in [5, 5.41) is 2.91. The highest BCUT2D eigenvalue weighted by Crippen LogP contribution is 2.34. The molecular formula is C28H26F3N5O4S. The predicted octanol–water partition coefficient (Wildman–Crippen LogP) is 6.44. The van der Waals surface area contributed by atoms with E-state index in [-0.39, 0.29) is 28.3 Å². The van der Waals surface area contributed by atoms with Crippen molar-refractivity contribution in [2.45, 2.75) is 33.1 Å². The van der Waals surface area contributed by atoms with Gasteiger partial charge in [0.15, 0.2) is 5.17 Å². The molecule has 3 N–H and O–H groups in total. The number of hydrazine groups is 1. The molecule has 9 nitrogen and oxygen atoms in total. The van der Waals surface area contributed by atoms with E-state index in [2.05, 4.69) is 25.9 Å². The van der Waals surface area contributed by atoms with Gasteiger partial charge >= 0.3 is 12.4 Å². The fraction of sp³-hybridized carbons (Fsp3) is 0.214. The number of alkyl halides is 3. The average molecular weight is 586 g/mol. The molecule has 0 spiro atoms. The molecule has 1 aliphatic heterocycles. The van der Waals surface area contributed by atoms with E-state index in [1.807, 2.05) is 39.0 Å². The van der Waals surface area contributed by atoms with Crippen LogP contribution in [0, 0.1) is 6.92 Å². The van der Waals surface area contributed by atoms with E-state index in [4.69, 9.17) is 0 Å². The first-order valence-corrected chi connectivity index (χ1v) is 13.4. The fourth-order valence-electron chi connectivity index (χ4n) is 3.90. The standard InChI is InChI=1S/C28H26F3N5O4S/c1-16(2)22-13-4-17(3)14-23(22)36-24(37)15-41-27(36)33-26(39)32-19-7-5-18(6-8-19)25(38)35-34-20-9-11-21(12-10-20)40-28(29,30)31/h4-14,16,34H,15H2,1-3H3,(H,32,39)(H,35,38)/b33-27-. The van der Waals surface area contributed by atoms with E-state index in [0.29, 0.717) is 17.1 Å². The molecule has 0 aromatic heterocycles. The normalized spacial score (nSPS) is 14.4. The second-order valence-corrected chi connectivity index (χ2v) is 10.2. The summed E-state index contributed by atoms with van der Waals surface area (Å²) in [4.78, 5) is 43.5. The number of anilines is 3. The molecule has 0 saturated carbocycles. The van der Waals surface area contributed by atoms with Gasteiger partial charge in [0.2, 0.25) is 5.91 Å². The lowest BCUT2D eigenvalue weighted by Crippen LogP contribution is -2.31. The summed E-state index contributed by atoms with van der Waals surface area (Å²) in [5.74, 6) is -0.749. The summed E-state index contributed by atoms with van der Waals surface area (Å²) in [7, 11) is 0. The van der Waals surface area contributed by atoms with Gasteiger partial charge in [0.25, 0.3) is 5.91 Å². The molecule has 214 valence electrons.